The lowest BCUT2D eigenvalue weighted by molar-refractivity contribution is -0.151. The zero-order valence-corrected chi connectivity index (χ0v) is 11.7. The van der Waals surface area contributed by atoms with E-state index in [1.165, 1.54) is 20.3 Å². The Morgan fingerprint density at radius 3 is 2.24 bits per heavy atom. The summed E-state index contributed by atoms with van der Waals surface area (Å²) in [6.07, 6.45) is 0.944. The number of hydrogen-bond acceptors (Lipinski definition) is 4. The summed E-state index contributed by atoms with van der Waals surface area (Å²) in [5.41, 5.74) is -0.0614. The second-order valence-electron chi connectivity index (χ2n) is 4.80. The number of carboxylic acids is 1. The first kappa shape index (κ1) is 15.1. The minimum Gasteiger partial charge on any atom is -0.493 e. The van der Waals surface area contributed by atoms with E-state index in [-0.39, 0.29) is 17.2 Å². The number of amides is 1. The van der Waals surface area contributed by atoms with E-state index in [4.69, 9.17) is 14.6 Å². The normalized spacial score (nSPS) is 20.3. The number of hydrogen-bond donors (Lipinski definition) is 2. The summed E-state index contributed by atoms with van der Waals surface area (Å²) in [6.45, 7) is 0. The number of methoxy groups -OCH3 is 2. The van der Waals surface area contributed by atoms with Gasteiger partial charge in [-0.1, -0.05) is 0 Å². The second-order valence-corrected chi connectivity index (χ2v) is 4.80. The number of carbonyl (C=O) groups is 2. The Morgan fingerprint density at radius 2 is 1.76 bits per heavy atom. The van der Waals surface area contributed by atoms with Gasteiger partial charge in [0.15, 0.2) is 17.3 Å². The Labute approximate surface area is 120 Å². The molecule has 2 unspecified atom stereocenters. The van der Waals surface area contributed by atoms with Crippen LogP contribution in [-0.2, 0) is 9.59 Å². The average Bonchev–Trinajstić information content (AvgIpc) is 2.38. The maximum Gasteiger partial charge on any atom is 0.307 e. The number of aliphatic carboxylic acids is 1. The molecule has 7 heteroatoms. The number of halogens is 1. The van der Waals surface area contributed by atoms with E-state index >= 15 is 0 Å². The molecule has 0 heterocycles. The fourth-order valence-electron chi connectivity index (χ4n) is 2.28. The number of carboxylic acid groups (broad SMARTS) is 1. The first-order chi connectivity index (χ1) is 9.97. The van der Waals surface area contributed by atoms with Gasteiger partial charge < -0.3 is 19.9 Å². The number of rotatable bonds is 5. The largest absolute Gasteiger partial charge is 0.493 e. The summed E-state index contributed by atoms with van der Waals surface area (Å²) in [5, 5.41) is 11.3. The van der Waals surface area contributed by atoms with Gasteiger partial charge in [-0.2, -0.15) is 0 Å². The van der Waals surface area contributed by atoms with Crippen LogP contribution in [0.5, 0.6) is 11.5 Å². The molecule has 2 rings (SSSR count). The van der Waals surface area contributed by atoms with Gasteiger partial charge in [0.25, 0.3) is 0 Å². The van der Waals surface area contributed by atoms with Crippen LogP contribution in [0.4, 0.5) is 10.1 Å². The van der Waals surface area contributed by atoms with Crippen molar-refractivity contribution in [3.63, 3.8) is 0 Å². The summed E-state index contributed by atoms with van der Waals surface area (Å²) >= 11 is 0. The minimum atomic E-state index is -1.01. The molecule has 114 valence electrons. The summed E-state index contributed by atoms with van der Waals surface area (Å²) < 4.78 is 23.9. The summed E-state index contributed by atoms with van der Waals surface area (Å²) in [6, 6.07) is 2.41. The van der Waals surface area contributed by atoms with E-state index in [0.29, 0.717) is 12.8 Å². The van der Waals surface area contributed by atoms with Crippen LogP contribution in [0.1, 0.15) is 12.8 Å². The maximum absolute atomic E-state index is 13.9. The van der Waals surface area contributed by atoms with E-state index in [2.05, 4.69) is 5.32 Å². The van der Waals surface area contributed by atoms with Crippen molar-refractivity contribution in [3.8, 4) is 11.5 Å². The summed E-state index contributed by atoms with van der Waals surface area (Å²) in [7, 11) is 2.77. The molecule has 1 aromatic carbocycles. The molecule has 6 nitrogen and oxygen atoms in total. The van der Waals surface area contributed by atoms with Gasteiger partial charge >= 0.3 is 5.97 Å². The van der Waals surface area contributed by atoms with Crippen LogP contribution in [-0.4, -0.2) is 31.2 Å². The van der Waals surface area contributed by atoms with Crippen molar-refractivity contribution in [2.45, 2.75) is 12.8 Å². The minimum absolute atomic E-state index is 0.0614. The molecule has 2 atom stereocenters. The molecule has 21 heavy (non-hydrogen) atoms. The Hall–Kier alpha value is -2.31. The van der Waals surface area contributed by atoms with Gasteiger partial charge in [-0.05, 0) is 12.8 Å². The highest BCUT2D eigenvalue weighted by atomic mass is 19.1. The van der Waals surface area contributed by atoms with E-state index in [9.17, 15) is 14.0 Å². The molecule has 1 aliphatic carbocycles. The molecule has 0 radical (unpaired) electrons. The van der Waals surface area contributed by atoms with Crippen LogP contribution in [0.15, 0.2) is 12.1 Å². The van der Waals surface area contributed by atoms with Crippen molar-refractivity contribution in [3.05, 3.63) is 17.9 Å². The fourth-order valence-corrected chi connectivity index (χ4v) is 2.28. The number of ether oxygens (including phenoxy) is 2. The van der Waals surface area contributed by atoms with Gasteiger partial charge in [-0.3, -0.25) is 9.59 Å². The van der Waals surface area contributed by atoms with Gasteiger partial charge in [0.05, 0.1) is 31.7 Å². The first-order valence-corrected chi connectivity index (χ1v) is 6.43. The van der Waals surface area contributed by atoms with Gasteiger partial charge in [0.1, 0.15) is 0 Å². The van der Waals surface area contributed by atoms with Crippen molar-refractivity contribution >= 4 is 17.6 Å². The Bertz CT molecular complexity index is 575. The third-order valence-corrected chi connectivity index (χ3v) is 3.66. The molecule has 0 spiro atoms. The van der Waals surface area contributed by atoms with E-state index < -0.39 is 29.5 Å². The van der Waals surface area contributed by atoms with Gasteiger partial charge in [0, 0.05) is 12.1 Å². The Morgan fingerprint density at radius 1 is 1.19 bits per heavy atom. The monoisotopic (exact) mass is 297 g/mol. The molecule has 0 aromatic heterocycles. The van der Waals surface area contributed by atoms with Gasteiger partial charge in [0.2, 0.25) is 5.91 Å². The highest BCUT2D eigenvalue weighted by molar-refractivity contribution is 5.96. The number of carbonyl (C=O) groups excluding carboxylic acids is 1. The van der Waals surface area contributed by atoms with Crippen LogP contribution in [0.3, 0.4) is 0 Å². The molecule has 2 N–H and O–H groups in total. The molecule has 1 aromatic rings. The van der Waals surface area contributed by atoms with E-state index in [0.717, 1.165) is 6.07 Å². The zero-order valence-electron chi connectivity index (χ0n) is 11.7. The molecule has 0 bridgehead atoms. The van der Waals surface area contributed by atoms with Crippen molar-refractivity contribution < 1.29 is 28.6 Å². The van der Waals surface area contributed by atoms with Crippen molar-refractivity contribution in [2.24, 2.45) is 11.8 Å². The van der Waals surface area contributed by atoms with Crippen LogP contribution >= 0.6 is 0 Å². The molecular formula is C14H16FNO5. The van der Waals surface area contributed by atoms with Gasteiger partial charge in [-0.25, -0.2) is 4.39 Å². The summed E-state index contributed by atoms with van der Waals surface area (Å²) in [5.74, 6) is -3.03. The first-order valence-electron chi connectivity index (χ1n) is 6.43. The SMILES string of the molecule is COc1cc(F)c(NC(=O)C2CCC2C(=O)O)cc1OC. The topological polar surface area (TPSA) is 84.9 Å². The smallest absolute Gasteiger partial charge is 0.307 e. The fraction of sp³-hybridized carbons (Fsp3) is 0.429. The van der Waals surface area contributed by atoms with Crippen LogP contribution < -0.4 is 14.8 Å². The average molecular weight is 297 g/mol. The molecule has 0 aliphatic heterocycles. The van der Waals surface area contributed by atoms with Crippen molar-refractivity contribution in [2.75, 3.05) is 19.5 Å². The third-order valence-electron chi connectivity index (χ3n) is 3.66. The molecule has 1 saturated carbocycles. The zero-order chi connectivity index (χ0) is 15.6. The number of nitrogens with one attached hydrogen (secondary N) is 1. The predicted molar refractivity (Wildman–Crippen MR) is 72.0 cm³/mol. The molecule has 0 saturated heterocycles. The lowest BCUT2D eigenvalue weighted by atomic mass is 9.73. The summed E-state index contributed by atoms with van der Waals surface area (Å²) in [4.78, 5) is 22.9. The lowest BCUT2D eigenvalue weighted by Crippen LogP contribution is -2.41. The number of benzene rings is 1. The highest BCUT2D eigenvalue weighted by Gasteiger charge is 2.41. The van der Waals surface area contributed by atoms with Crippen molar-refractivity contribution in [1.29, 1.82) is 0 Å². The Balaban J connectivity index is 2.16. The maximum atomic E-state index is 13.9. The molecule has 1 fully saturated rings. The quantitative estimate of drug-likeness (QED) is 0.867. The molecule has 1 amide bonds. The highest BCUT2D eigenvalue weighted by Crippen LogP contribution is 2.37. The predicted octanol–water partition coefficient (Wildman–Crippen LogP) is 1.89. The van der Waals surface area contributed by atoms with E-state index in [1.54, 1.807) is 0 Å². The van der Waals surface area contributed by atoms with Crippen LogP contribution in [0, 0.1) is 17.7 Å². The Kier molecular flexibility index (Phi) is 4.30. The van der Waals surface area contributed by atoms with Crippen LogP contribution in [0.25, 0.3) is 0 Å². The molecular weight excluding hydrogens is 281 g/mol. The number of anilines is 1. The lowest BCUT2D eigenvalue weighted by Gasteiger charge is -2.31. The third kappa shape index (κ3) is 2.91. The molecule has 1 aliphatic rings. The van der Waals surface area contributed by atoms with Crippen molar-refractivity contribution in [1.82, 2.24) is 0 Å². The van der Waals surface area contributed by atoms with E-state index in [1.807, 2.05) is 0 Å². The standard InChI is InChI=1S/C14H16FNO5/c1-20-11-5-9(15)10(6-12(11)21-2)16-13(17)7-3-4-8(7)14(18)19/h5-8H,3-4H2,1-2H3,(H,16,17)(H,18,19). The van der Waals surface area contributed by atoms with Gasteiger partial charge in [-0.15, -0.1) is 0 Å². The second kappa shape index (κ2) is 5.99. The van der Waals surface area contributed by atoms with Crippen LogP contribution in [0.2, 0.25) is 0 Å².